The molecular formula is C10H17BrN4. The second kappa shape index (κ2) is 5.61. The molecular weight excluding hydrogens is 256 g/mol. The molecule has 1 aliphatic rings. The predicted molar refractivity (Wildman–Crippen MR) is 62.9 cm³/mol. The van der Waals surface area contributed by atoms with E-state index in [0.717, 1.165) is 24.1 Å². The van der Waals surface area contributed by atoms with E-state index < -0.39 is 0 Å². The Morgan fingerprint density at radius 1 is 1.20 bits per heavy atom. The molecule has 0 aliphatic carbocycles. The minimum atomic E-state index is 0.788. The number of halogens is 1. The van der Waals surface area contributed by atoms with Crippen molar-refractivity contribution < 1.29 is 0 Å². The second-order valence-corrected chi connectivity index (χ2v) is 4.57. The van der Waals surface area contributed by atoms with E-state index in [9.17, 15) is 0 Å². The van der Waals surface area contributed by atoms with Gasteiger partial charge in [-0.15, -0.1) is 5.10 Å². The third-order valence-corrected chi connectivity index (χ3v) is 3.39. The molecule has 1 fully saturated rings. The molecule has 0 radical (unpaired) electrons. The SMILES string of the molecule is BrCc1cn(CCN2CCCCC2)nn1. The Balaban J connectivity index is 1.76. The van der Waals surface area contributed by atoms with Gasteiger partial charge in [-0.3, -0.25) is 4.68 Å². The molecule has 2 heterocycles. The van der Waals surface area contributed by atoms with Crippen LogP contribution in [-0.4, -0.2) is 39.5 Å². The van der Waals surface area contributed by atoms with Gasteiger partial charge in [0.05, 0.1) is 12.2 Å². The number of likely N-dealkylation sites (tertiary alicyclic amines) is 1. The van der Waals surface area contributed by atoms with Gasteiger partial charge in [-0.25, -0.2) is 0 Å². The molecule has 0 saturated carbocycles. The molecule has 4 nitrogen and oxygen atoms in total. The fraction of sp³-hybridized carbons (Fsp3) is 0.800. The lowest BCUT2D eigenvalue weighted by Crippen LogP contribution is -2.32. The Hall–Kier alpha value is -0.420. The average molecular weight is 273 g/mol. The topological polar surface area (TPSA) is 34.0 Å². The number of nitrogens with zero attached hydrogens (tertiary/aromatic N) is 4. The molecule has 1 saturated heterocycles. The highest BCUT2D eigenvalue weighted by Crippen LogP contribution is 2.08. The summed E-state index contributed by atoms with van der Waals surface area (Å²) in [5, 5.41) is 8.92. The Labute approximate surface area is 98.8 Å². The minimum absolute atomic E-state index is 0.788. The van der Waals surface area contributed by atoms with Crippen LogP contribution < -0.4 is 0 Å². The van der Waals surface area contributed by atoms with Gasteiger partial charge in [-0.2, -0.15) is 0 Å². The Bertz CT molecular complexity index is 293. The highest BCUT2D eigenvalue weighted by molar-refractivity contribution is 9.08. The van der Waals surface area contributed by atoms with Crippen molar-refractivity contribution in [2.75, 3.05) is 19.6 Å². The normalized spacial score (nSPS) is 18.2. The molecule has 0 aromatic carbocycles. The summed E-state index contributed by atoms with van der Waals surface area (Å²) in [6, 6.07) is 0. The molecule has 0 bridgehead atoms. The summed E-state index contributed by atoms with van der Waals surface area (Å²) in [5.74, 6) is 0. The molecule has 2 rings (SSSR count). The van der Waals surface area contributed by atoms with E-state index in [1.54, 1.807) is 0 Å². The zero-order chi connectivity index (χ0) is 10.5. The van der Waals surface area contributed by atoms with E-state index in [0.29, 0.717) is 0 Å². The van der Waals surface area contributed by atoms with Gasteiger partial charge in [0.25, 0.3) is 0 Å². The quantitative estimate of drug-likeness (QED) is 0.782. The van der Waals surface area contributed by atoms with E-state index in [2.05, 4.69) is 31.1 Å². The van der Waals surface area contributed by atoms with Crippen LogP contribution in [0.15, 0.2) is 6.20 Å². The number of hydrogen-bond donors (Lipinski definition) is 0. The molecule has 84 valence electrons. The second-order valence-electron chi connectivity index (χ2n) is 4.01. The van der Waals surface area contributed by atoms with Crippen molar-refractivity contribution in [1.82, 2.24) is 19.9 Å². The number of hydrogen-bond acceptors (Lipinski definition) is 3. The third kappa shape index (κ3) is 3.28. The van der Waals surface area contributed by atoms with Crippen LogP contribution in [0, 0.1) is 0 Å². The minimum Gasteiger partial charge on any atom is -0.301 e. The van der Waals surface area contributed by atoms with Gasteiger partial charge in [0.15, 0.2) is 0 Å². The molecule has 1 aromatic rings. The van der Waals surface area contributed by atoms with Crippen LogP contribution in [-0.2, 0) is 11.9 Å². The van der Waals surface area contributed by atoms with Crippen molar-refractivity contribution in [3.63, 3.8) is 0 Å². The first-order valence-corrected chi connectivity index (χ1v) is 6.68. The maximum Gasteiger partial charge on any atom is 0.0932 e. The van der Waals surface area contributed by atoms with Crippen LogP contribution in [0.4, 0.5) is 0 Å². The highest BCUT2D eigenvalue weighted by atomic mass is 79.9. The Kier molecular flexibility index (Phi) is 4.14. The lowest BCUT2D eigenvalue weighted by Gasteiger charge is -2.25. The number of piperidine rings is 1. The maximum atomic E-state index is 4.08. The standard InChI is InChI=1S/C10H17BrN4/c11-8-10-9-15(13-12-10)7-6-14-4-2-1-3-5-14/h9H,1-8H2. The van der Waals surface area contributed by atoms with Crippen LogP contribution in [0.5, 0.6) is 0 Å². The molecule has 0 amide bonds. The molecule has 0 spiro atoms. The van der Waals surface area contributed by atoms with Crippen molar-refractivity contribution in [1.29, 1.82) is 0 Å². The fourth-order valence-electron chi connectivity index (χ4n) is 1.94. The van der Waals surface area contributed by atoms with Gasteiger partial charge in [-0.1, -0.05) is 27.6 Å². The van der Waals surface area contributed by atoms with Crippen LogP contribution in [0.3, 0.4) is 0 Å². The van der Waals surface area contributed by atoms with Gasteiger partial charge in [0, 0.05) is 18.1 Å². The largest absolute Gasteiger partial charge is 0.301 e. The first-order chi connectivity index (χ1) is 7.38. The van der Waals surface area contributed by atoms with E-state index in [-0.39, 0.29) is 0 Å². The summed E-state index contributed by atoms with van der Waals surface area (Å²) in [7, 11) is 0. The van der Waals surface area contributed by atoms with Crippen molar-refractivity contribution in [3.8, 4) is 0 Å². The van der Waals surface area contributed by atoms with Gasteiger partial charge < -0.3 is 4.90 Å². The smallest absolute Gasteiger partial charge is 0.0932 e. The molecule has 0 N–H and O–H groups in total. The molecule has 0 atom stereocenters. The molecule has 15 heavy (non-hydrogen) atoms. The van der Waals surface area contributed by atoms with Gasteiger partial charge in [0.2, 0.25) is 0 Å². The van der Waals surface area contributed by atoms with Crippen LogP contribution in [0.2, 0.25) is 0 Å². The van der Waals surface area contributed by atoms with Gasteiger partial charge in [0.1, 0.15) is 0 Å². The van der Waals surface area contributed by atoms with Crippen LogP contribution in [0.1, 0.15) is 25.0 Å². The first-order valence-electron chi connectivity index (χ1n) is 5.56. The predicted octanol–water partition coefficient (Wildman–Crippen LogP) is 1.66. The summed E-state index contributed by atoms with van der Waals surface area (Å²) in [6.07, 6.45) is 6.11. The summed E-state index contributed by atoms with van der Waals surface area (Å²) in [4.78, 5) is 2.51. The summed E-state index contributed by atoms with van der Waals surface area (Å²) in [6.45, 7) is 4.56. The zero-order valence-electron chi connectivity index (χ0n) is 8.90. The number of rotatable bonds is 4. The molecule has 0 unspecified atom stereocenters. The van der Waals surface area contributed by atoms with Gasteiger partial charge in [-0.05, 0) is 25.9 Å². The van der Waals surface area contributed by atoms with Crippen molar-refractivity contribution >= 4 is 15.9 Å². The highest BCUT2D eigenvalue weighted by Gasteiger charge is 2.09. The number of alkyl halides is 1. The molecule has 1 aliphatic heterocycles. The average Bonchev–Trinajstić information content (AvgIpc) is 2.76. The van der Waals surface area contributed by atoms with Crippen molar-refractivity contribution in [2.24, 2.45) is 0 Å². The Morgan fingerprint density at radius 2 is 2.00 bits per heavy atom. The van der Waals surface area contributed by atoms with E-state index in [4.69, 9.17) is 0 Å². The third-order valence-electron chi connectivity index (χ3n) is 2.82. The summed E-state index contributed by atoms with van der Waals surface area (Å²) >= 11 is 3.37. The zero-order valence-corrected chi connectivity index (χ0v) is 10.5. The van der Waals surface area contributed by atoms with Crippen molar-refractivity contribution in [3.05, 3.63) is 11.9 Å². The monoisotopic (exact) mass is 272 g/mol. The van der Waals surface area contributed by atoms with E-state index in [1.807, 2.05) is 10.9 Å². The van der Waals surface area contributed by atoms with Crippen LogP contribution >= 0.6 is 15.9 Å². The Morgan fingerprint density at radius 3 is 2.67 bits per heavy atom. The van der Waals surface area contributed by atoms with Gasteiger partial charge >= 0.3 is 0 Å². The number of aromatic nitrogens is 3. The van der Waals surface area contributed by atoms with E-state index >= 15 is 0 Å². The van der Waals surface area contributed by atoms with E-state index in [1.165, 1.54) is 32.4 Å². The molecule has 1 aromatic heterocycles. The van der Waals surface area contributed by atoms with Crippen LogP contribution in [0.25, 0.3) is 0 Å². The summed E-state index contributed by atoms with van der Waals surface area (Å²) < 4.78 is 1.94. The fourth-order valence-corrected chi connectivity index (χ4v) is 2.19. The summed E-state index contributed by atoms with van der Waals surface area (Å²) in [5.41, 5.74) is 1.01. The lowest BCUT2D eigenvalue weighted by atomic mass is 10.1. The maximum absolute atomic E-state index is 4.08. The first kappa shape index (κ1) is 11.1. The van der Waals surface area contributed by atoms with Crippen molar-refractivity contribution in [2.45, 2.75) is 31.1 Å². The lowest BCUT2D eigenvalue weighted by molar-refractivity contribution is 0.217. The molecule has 5 heteroatoms.